The number of hydrogen-bond donors (Lipinski definition) is 0. The van der Waals surface area contributed by atoms with Gasteiger partial charge in [0, 0.05) is 10.8 Å². The van der Waals surface area contributed by atoms with Crippen LogP contribution in [0.25, 0.3) is 68.3 Å². The van der Waals surface area contributed by atoms with Crippen molar-refractivity contribution in [1.82, 2.24) is 0 Å². The van der Waals surface area contributed by atoms with Crippen molar-refractivity contribution in [2.45, 2.75) is 0 Å². The maximum Gasteiger partial charge on any atom is 0.181 e. The Balaban J connectivity index is 0.830. The van der Waals surface area contributed by atoms with Gasteiger partial charge in [-0.05, 0) is 0 Å². The first kappa shape index (κ1) is 42.9. The molecule has 0 atom stereocenters. The monoisotopic (exact) mass is 1120 g/mol. The van der Waals surface area contributed by atoms with Gasteiger partial charge in [0.1, 0.15) is 106 Å². The summed E-state index contributed by atoms with van der Waals surface area (Å²) in [4.78, 5) is 12.4. The first-order chi connectivity index (χ1) is 35.7. The second-order valence-electron chi connectivity index (χ2n) is 16.6. The van der Waals surface area contributed by atoms with E-state index >= 15 is 0 Å². The lowest BCUT2D eigenvalue weighted by Gasteiger charge is -2.19. The maximum absolute atomic E-state index is 6.58. The highest BCUT2D eigenvalue weighted by Crippen LogP contribution is 2.70. The third-order valence-electron chi connectivity index (χ3n) is 12.4. The summed E-state index contributed by atoms with van der Waals surface area (Å²) in [6.45, 7) is 6.76. The highest BCUT2D eigenvalue weighted by atomic mass is 32.1. The van der Waals surface area contributed by atoms with Crippen molar-refractivity contribution in [2.75, 3.05) is 106 Å². The summed E-state index contributed by atoms with van der Waals surface area (Å²) in [7, 11) is 0. The molecule has 0 aromatic carbocycles. The number of thiophene rings is 8. The van der Waals surface area contributed by atoms with Gasteiger partial charge in [0.05, 0.1) is 68.3 Å². The molecule has 16 rings (SSSR count). The molecule has 8 aliphatic rings. The summed E-state index contributed by atoms with van der Waals surface area (Å²) < 4.78 is 102. The third-order valence-corrected chi connectivity index (χ3v) is 22.4. The van der Waals surface area contributed by atoms with Gasteiger partial charge < -0.3 is 75.8 Å². The normalized spacial score (nSPS) is 17.5. The van der Waals surface area contributed by atoms with Crippen LogP contribution in [0.4, 0.5) is 0 Å². The molecule has 16 nitrogen and oxygen atoms in total. The predicted octanol–water partition coefficient (Wildman–Crippen LogP) is 12.0. The van der Waals surface area contributed by atoms with E-state index in [4.69, 9.17) is 75.8 Å². The molecular formula is C48H34O16S8. The van der Waals surface area contributed by atoms with Crippen molar-refractivity contribution in [3.63, 3.8) is 0 Å². The molecule has 370 valence electrons. The number of hydrogen-bond acceptors (Lipinski definition) is 24. The molecule has 0 radical (unpaired) electrons. The molecule has 0 aliphatic carbocycles. The lowest BCUT2D eigenvalue weighted by molar-refractivity contribution is 0.170. The van der Waals surface area contributed by atoms with Crippen LogP contribution in [0, 0.1) is 0 Å². The summed E-state index contributed by atoms with van der Waals surface area (Å²) in [5, 5.41) is 3.97. The maximum atomic E-state index is 6.58. The number of rotatable bonds is 7. The van der Waals surface area contributed by atoms with Gasteiger partial charge in [0.25, 0.3) is 0 Å². The molecule has 0 N–H and O–H groups in total. The van der Waals surface area contributed by atoms with E-state index in [2.05, 4.69) is 0 Å². The van der Waals surface area contributed by atoms with E-state index in [1.165, 1.54) is 0 Å². The van der Waals surface area contributed by atoms with Crippen molar-refractivity contribution in [2.24, 2.45) is 0 Å². The molecule has 8 aromatic heterocycles. The molecule has 24 heteroatoms. The Kier molecular flexibility index (Phi) is 10.1. The average molecular weight is 1120 g/mol. The minimum Gasteiger partial charge on any atom is -0.485 e. The van der Waals surface area contributed by atoms with E-state index < -0.39 is 0 Å². The third kappa shape index (κ3) is 6.45. The summed E-state index contributed by atoms with van der Waals surface area (Å²) in [5.74, 6) is 10.8. The van der Waals surface area contributed by atoms with Crippen molar-refractivity contribution >= 4 is 90.7 Å². The molecule has 16 heterocycles. The van der Waals surface area contributed by atoms with Crippen molar-refractivity contribution in [1.29, 1.82) is 0 Å². The van der Waals surface area contributed by atoms with Gasteiger partial charge in [0.15, 0.2) is 92.0 Å². The van der Waals surface area contributed by atoms with E-state index in [0.29, 0.717) is 175 Å². The molecule has 0 fully saturated rings. The van der Waals surface area contributed by atoms with E-state index in [-0.39, 0.29) is 0 Å². The van der Waals surface area contributed by atoms with Crippen LogP contribution in [-0.4, -0.2) is 106 Å². The zero-order valence-corrected chi connectivity index (χ0v) is 43.8. The first-order valence-corrected chi connectivity index (χ1v) is 29.7. The average Bonchev–Trinajstić information content (AvgIpc) is 4.32. The molecule has 0 spiro atoms. The van der Waals surface area contributed by atoms with Gasteiger partial charge in [-0.2, -0.15) is 0 Å². The second kappa shape index (κ2) is 17.0. The lowest BCUT2D eigenvalue weighted by atomic mass is 10.2. The molecule has 0 amide bonds. The molecule has 72 heavy (non-hydrogen) atoms. The van der Waals surface area contributed by atoms with Gasteiger partial charge >= 0.3 is 0 Å². The van der Waals surface area contributed by atoms with Crippen LogP contribution < -0.4 is 75.8 Å². The van der Waals surface area contributed by atoms with Crippen LogP contribution in [0.1, 0.15) is 0 Å². The Hall–Kier alpha value is -5.60. The minimum atomic E-state index is 0.378. The fraction of sp³-hybridized carbons (Fsp3) is 0.333. The van der Waals surface area contributed by atoms with Gasteiger partial charge in [-0.3, -0.25) is 0 Å². The lowest BCUT2D eigenvalue weighted by Crippen LogP contribution is -2.16. The standard InChI is InChI=1S/C48H34O16S8/c1-3-51-21-19(49-1)17-65-35(21)37-23-25(55-7-5-53-23)39(67-37)41-27-29(59-11-9-57-27)43(69-41)45-31-33(63-15-13-61-31)47(71-45)48-34-32(62-14-16-64-34)46(72-48)44-30-28(58-10-12-60-30)42(70-44)40-26-24(54-6-8-56-26)38(68-40)36-22-20(18-66-36)50-2-4-52-22/h17-18H,1-16H2. The van der Waals surface area contributed by atoms with Crippen LogP contribution in [0.5, 0.6) is 92.0 Å². The van der Waals surface area contributed by atoms with E-state index in [1.807, 2.05) is 10.8 Å². The molecule has 0 saturated heterocycles. The van der Waals surface area contributed by atoms with Crippen molar-refractivity contribution < 1.29 is 75.8 Å². The van der Waals surface area contributed by atoms with E-state index in [1.54, 1.807) is 90.7 Å². The Labute approximate surface area is 440 Å². The van der Waals surface area contributed by atoms with E-state index in [9.17, 15) is 0 Å². The Morgan fingerprint density at radius 2 is 0.333 bits per heavy atom. The van der Waals surface area contributed by atoms with Gasteiger partial charge in [-0.25, -0.2) is 0 Å². The summed E-state index contributed by atoms with van der Waals surface area (Å²) in [6.07, 6.45) is 0. The van der Waals surface area contributed by atoms with Crippen molar-refractivity contribution in [3.05, 3.63) is 10.8 Å². The molecule has 0 saturated carbocycles. The zero-order chi connectivity index (χ0) is 47.0. The molecule has 0 bridgehead atoms. The molecule has 8 aliphatic heterocycles. The highest BCUT2D eigenvalue weighted by molar-refractivity contribution is 7.33. The Morgan fingerprint density at radius 3 is 0.528 bits per heavy atom. The van der Waals surface area contributed by atoms with E-state index in [0.717, 1.165) is 91.3 Å². The van der Waals surface area contributed by atoms with Crippen LogP contribution in [0.15, 0.2) is 10.8 Å². The summed E-state index contributed by atoms with van der Waals surface area (Å²) in [5.41, 5.74) is 0. The second-order valence-corrected chi connectivity index (χ2v) is 24.5. The predicted molar refractivity (Wildman–Crippen MR) is 275 cm³/mol. The minimum absolute atomic E-state index is 0.378. The zero-order valence-electron chi connectivity index (χ0n) is 37.3. The summed E-state index contributed by atoms with van der Waals surface area (Å²) >= 11 is 12.6. The Bertz CT molecular complexity index is 3280. The van der Waals surface area contributed by atoms with Crippen LogP contribution in [-0.2, 0) is 0 Å². The molecule has 8 aromatic rings. The summed E-state index contributed by atoms with van der Waals surface area (Å²) in [6, 6.07) is 0. The van der Waals surface area contributed by atoms with Gasteiger partial charge in [-0.1, -0.05) is 0 Å². The first-order valence-electron chi connectivity index (χ1n) is 23.0. The SMILES string of the molecule is c1sc(-c2sc(-c3sc(-c4sc(-c5sc(-c6sc(-c7sc(-c8scc9c8OCCO9)c8c7OCCO8)c7c6OCCO7)c6c5OCCO6)c5c4OCCO5)c4c3OCCO4)c3c2OCCO3)c2c1OCCO2. The molecule has 0 unspecified atom stereocenters. The number of fused-ring (bicyclic) bond motifs is 8. The fourth-order valence-corrected chi connectivity index (χ4v) is 19.4. The van der Waals surface area contributed by atoms with Crippen LogP contribution >= 0.6 is 90.7 Å². The van der Waals surface area contributed by atoms with Crippen LogP contribution in [0.2, 0.25) is 0 Å². The fourth-order valence-electron chi connectivity index (χ4n) is 9.54. The van der Waals surface area contributed by atoms with Gasteiger partial charge in [-0.15, -0.1) is 90.7 Å². The number of ether oxygens (including phenoxy) is 16. The highest BCUT2D eigenvalue weighted by Gasteiger charge is 2.42. The van der Waals surface area contributed by atoms with Crippen molar-refractivity contribution in [3.8, 4) is 160 Å². The van der Waals surface area contributed by atoms with Gasteiger partial charge in [0.2, 0.25) is 0 Å². The quantitative estimate of drug-likeness (QED) is 0.149. The topological polar surface area (TPSA) is 148 Å². The largest absolute Gasteiger partial charge is 0.485 e. The smallest absolute Gasteiger partial charge is 0.181 e. The molecular weight excluding hydrogens is 1090 g/mol. The Morgan fingerprint density at radius 1 is 0.181 bits per heavy atom. The van der Waals surface area contributed by atoms with Crippen LogP contribution in [0.3, 0.4) is 0 Å².